The van der Waals surface area contributed by atoms with Gasteiger partial charge in [0.05, 0.1) is 29.4 Å². The van der Waals surface area contributed by atoms with Crippen molar-refractivity contribution in [2.45, 2.75) is 50.6 Å². The zero-order valence-corrected chi connectivity index (χ0v) is 19.9. The predicted octanol–water partition coefficient (Wildman–Crippen LogP) is 3.24. The summed E-state index contributed by atoms with van der Waals surface area (Å²) in [7, 11) is -1.29. The third-order valence-electron chi connectivity index (χ3n) is 6.10. The molecule has 1 fully saturated rings. The van der Waals surface area contributed by atoms with Crippen LogP contribution in [0.4, 0.5) is 0 Å². The second kappa shape index (κ2) is 8.52. The summed E-state index contributed by atoms with van der Waals surface area (Å²) in [6, 6.07) is 2.35. The summed E-state index contributed by atoms with van der Waals surface area (Å²) in [6.07, 6.45) is 6.77. The van der Waals surface area contributed by atoms with E-state index in [0.29, 0.717) is 19.2 Å². The molecule has 0 N–H and O–H groups in total. The molecular formula is C20H28ClN3O4S2. The number of hydrogen-bond acceptors (Lipinski definition) is 7. The largest absolute Gasteiger partial charge is 0.374 e. The number of aromatic nitrogens is 2. The lowest BCUT2D eigenvalue weighted by Crippen LogP contribution is -2.50. The minimum absolute atomic E-state index is 0.0551. The summed E-state index contributed by atoms with van der Waals surface area (Å²) in [5.74, 6) is 0.0995. The number of rotatable bonds is 6. The fourth-order valence-electron chi connectivity index (χ4n) is 4.48. The first-order chi connectivity index (χ1) is 14.2. The van der Waals surface area contributed by atoms with Crippen molar-refractivity contribution in [2.24, 2.45) is 0 Å². The van der Waals surface area contributed by atoms with E-state index in [9.17, 15) is 8.42 Å². The summed E-state index contributed by atoms with van der Waals surface area (Å²) >= 11 is 7.97. The Hall–Kier alpha value is -0.970. The highest BCUT2D eigenvalue weighted by Crippen LogP contribution is 2.50. The molecule has 7 nitrogen and oxygen atoms in total. The van der Waals surface area contributed by atoms with Crippen molar-refractivity contribution in [3.8, 4) is 0 Å². The van der Waals surface area contributed by atoms with Crippen molar-refractivity contribution in [3.63, 3.8) is 0 Å². The topological polar surface area (TPSA) is 73.7 Å². The first kappa shape index (κ1) is 22.2. The molecule has 4 heterocycles. The van der Waals surface area contributed by atoms with Gasteiger partial charge < -0.3 is 9.47 Å². The monoisotopic (exact) mass is 473 g/mol. The molecule has 2 aromatic heterocycles. The fourth-order valence-corrected chi connectivity index (χ4v) is 6.47. The van der Waals surface area contributed by atoms with Gasteiger partial charge in [-0.1, -0.05) is 11.6 Å². The van der Waals surface area contributed by atoms with Crippen LogP contribution in [0.15, 0.2) is 18.5 Å². The van der Waals surface area contributed by atoms with E-state index in [4.69, 9.17) is 21.1 Å². The Kier molecular flexibility index (Phi) is 6.31. The number of halogens is 1. The number of piperidine rings is 1. The zero-order chi connectivity index (χ0) is 21.5. The van der Waals surface area contributed by atoms with E-state index in [0.717, 1.165) is 35.8 Å². The number of thiophene rings is 1. The molecule has 0 amide bonds. The Labute approximate surface area is 186 Å². The SMILES string of the molecule is COC1CO[C@@]2(CCN(Cc3cnn(CCS(C)(=O)=O)c3)[C@@H](C)C2)c2sc(Cl)cc21. The number of fused-ring (bicyclic) bond motifs is 2. The van der Waals surface area contributed by atoms with Crippen molar-refractivity contribution in [1.29, 1.82) is 0 Å². The number of likely N-dealkylation sites (tertiary alicyclic amines) is 1. The predicted molar refractivity (Wildman–Crippen MR) is 118 cm³/mol. The quantitative estimate of drug-likeness (QED) is 0.641. The molecular weight excluding hydrogens is 446 g/mol. The molecule has 2 aromatic rings. The van der Waals surface area contributed by atoms with Crippen molar-refractivity contribution < 1.29 is 17.9 Å². The highest BCUT2D eigenvalue weighted by atomic mass is 35.5. The van der Waals surface area contributed by atoms with E-state index < -0.39 is 9.84 Å². The lowest BCUT2D eigenvalue weighted by atomic mass is 9.81. The molecule has 2 aliphatic rings. The third-order valence-corrected chi connectivity index (χ3v) is 8.49. The molecule has 0 radical (unpaired) electrons. The summed E-state index contributed by atoms with van der Waals surface area (Å²) in [5.41, 5.74) is 1.97. The first-order valence-electron chi connectivity index (χ1n) is 10.1. The normalized spacial score (nSPS) is 27.5. The molecule has 10 heteroatoms. The molecule has 1 unspecified atom stereocenters. The third kappa shape index (κ3) is 4.61. The molecule has 2 aliphatic heterocycles. The Morgan fingerprint density at radius 2 is 2.27 bits per heavy atom. The van der Waals surface area contributed by atoms with Crippen LogP contribution in [-0.4, -0.2) is 61.4 Å². The molecule has 0 aliphatic carbocycles. The van der Waals surface area contributed by atoms with Gasteiger partial charge in [0.1, 0.15) is 21.5 Å². The maximum Gasteiger partial charge on any atom is 0.149 e. The van der Waals surface area contributed by atoms with Gasteiger partial charge in [-0.2, -0.15) is 5.10 Å². The van der Waals surface area contributed by atoms with Crippen molar-refractivity contribution in [1.82, 2.24) is 14.7 Å². The molecule has 4 rings (SSSR count). The van der Waals surface area contributed by atoms with E-state index >= 15 is 0 Å². The van der Waals surface area contributed by atoms with Crippen molar-refractivity contribution in [3.05, 3.63) is 38.8 Å². The van der Waals surface area contributed by atoms with Crippen LogP contribution in [0.3, 0.4) is 0 Å². The second-order valence-electron chi connectivity index (χ2n) is 8.38. The molecule has 1 spiro atoms. The average molecular weight is 474 g/mol. The highest BCUT2D eigenvalue weighted by Gasteiger charge is 2.47. The minimum Gasteiger partial charge on any atom is -0.374 e. The van der Waals surface area contributed by atoms with Crippen molar-refractivity contribution >= 4 is 32.8 Å². The lowest BCUT2D eigenvalue weighted by molar-refractivity contribution is -0.144. The van der Waals surface area contributed by atoms with Crippen LogP contribution in [0.5, 0.6) is 0 Å². The Morgan fingerprint density at radius 1 is 1.47 bits per heavy atom. The number of nitrogens with zero attached hydrogens (tertiary/aromatic N) is 3. The summed E-state index contributed by atoms with van der Waals surface area (Å²) in [4.78, 5) is 3.65. The lowest BCUT2D eigenvalue weighted by Gasteiger charge is -2.48. The van der Waals surface area contributed by atoms with Gasteiger partial charge in [0.25, 0.3) is 0 Å². The standard InChI is InChI=1S/C20H28ClN3O4S2/c1-14-9-20(19-16(8-18(21)29-19)17(27-2)13-28-20)4-5-23(14)11-15-10-22-24(12-15)6-7-30(3,25)26/h8,10,12,14,17H,4-7,9,11,13H2,1-3H3/t14-,17?,20+/m0/s1. The van der Waals surface area contributed by atoms with Gasteiger partial charge in [-0.05, 0) is 25.8 Å². The van der Waals surface area contributed by atoms with Gasteiger partial charge in [0.2, 0.25) is 0 Å². The number of aryl methyl sites for hydroxylation is 1. The molecule has 3 atom stereocenters. The smallest absolute Gasteiger partial charge is 0.149 e. The number of ether oxygens (including phenoxy) is 2. The first-order valence-corrected chi connectivity index (χ1v) is 13.3. The van der Waals surface area contributed by atoms with Gasteiger partial charge in [-0.3, -0.25) is 9.58 Å². The number of sulfone groups is 1. The summed E-state index contributed by atoms with van der Waals surface area (Å²) < 4.78 is 37.2. The highest BCUT2D eigenvalue weighted by molar-refractivity contribution is 7.90. The van der Waals surface area contributed by atoms with E-state index in [1.807, 2.05) is 18.5 Å². The molecule has 0 bridgehead atoms. The summed E-state index contributed by atoms with van der Waals surface area (Å²) in [6.45, 7) is 4.86. The Bertz CT molecular complexity index is 1010. The fraction of sp³-hybridized carbons (Fsp3) is 0.650. The summed E-state index contributed by atoms with van der Waals surface area (Å²) in [5, 5.41) is 4.32. The van der Waals surface area contributed by atoms with E-state index in [1.54, 1.807) is 23.1 Å². The maximum atomic E-state index is 11.4. The average Bonchev–Trinajstić information content (AvgIpc) is 3.29. The zero-order valence-electron chi connectivity index (χ0n) is 17.5. The van der Waals surface area contributed by atoms with Gasteiger partial charge in [-0.15, -0.1) is 11.3 Å². The molecule has 30 heavy (non-hydrogen) atoms. The van der Waals surface area contributed by atoms with Crippen LogP contribution < -0.4 is 0 Å². The molecule has 166 valence electrons. The molecule has 1 saturated heterocycles. The van der Waals surface area contributed by atoms with Gasteiger partial charge in [0, 0.05) is 54.7 Å². The Morgan fingerprint density at radius 3 is 2.97 bits per heavy atom. The minimum atomic E-state index is -3.00. The van der Waals surface area contributed by atoms with E-state index in [1.165, 1.54) is 16.7 Å². The van der Waals surface area contributed by atoms with E-state index in [-0.39, 0.29) is 17.5 Å². The van der Waals surface area contributed by atoms with Gasteiger partial charge >= 0.3 is 0 Å². The van der Waals surface area contributed by atoms with Gasteiger partial charge in [0.15, 0.2) is 0 Å². The molecule has 0 aromatic carbocycles. The second-order valence-corrected chi connectivity index (χ2v) is 12.3. The van der Waals surface area contributed by atoms with Crippen LogP contribution in [0.2, 0.25) is 4.34 Å². The van der Waals surface area contributed by atoms with Crippen LogP contribution in [0, 0.1) is 0 Å². The Balaban J connectivity index is 1.43. The van der Waals surface area contributed by atoms with Gasteiger partial charge in [-0.25, -0.2) is 8.42 Å². The number of hydrogen-bond donors (Lipinski definition) is 0. The van der Waals surface area contributed by atoms with Crippen LogP contribution in [-0.2, 0) is 38.0 Å². The van der Waals surface area contributed by atoms with Crippen LogP contribution in [0.1, 0.15) is 41.9 Å². The van der Waals surface area contributed by atoms with Crippen LogP contribution >= 0.6 is 22.9 Å². The number of methoxy groups -OCH3 is 1. The van der Waals surface area contributed by atoms with E-state index in [2.05, 4.69) is 16.9 Å². The maximum absolute atomic E-state index is 11.4. The van der Waals surface area contributed by atoms with Crippen LogP contribution in [0.25, 0.3) is 0 Å². The van der Waals surface area contributed by atoms with Crippen molar-refractivity contribution in [2.75, 3.05) is 32.3 Å². The molecule has 0 saturated carbocycles.